The highest BCUT2D eigenvalue weighted by Gasteiger charge is 2.71. The molecule has 4 aliphatic rings. The highest BCUT2D eigenvalue weighted by atomic mass is 32.2. The molecule has 6 atom stereocenters. The molecule has 1 spiro atoms. The molecule has 6 rings (SSSR count). The molecule has 4 aliphatic heterocycles. The number of aliphatic hydroxyl groups is 1. The first-order valence-electron chi connectivity index (χ1n) is 14.9. The molecule has 2 aromatic carbocycles. The van der Waals surface area contributed by atoms with Crippen LogP contribution in [0.4, 0.5) is 5.69 Å². The lowest BCUT2D eigenvalue weighted by atomic mass is 9.78. The number of nitrogens with zero attached hydrogens (tertiary/aromatic N) is 2. The second-order valence-electron chi connectivity index (χ2n) is 11.8. The van der Waals surface area contributed by atoms with Crippen LogP contribution in [0, 0.1) is 25.7 Å². The molecule has 1 unspecified atom stereocenters. The number of rotatable bonds is 5. The Labute approximate surface area is 251 Å². The molecule has 0 saturated carbocycles. The fourth-order valence-corrected chi connectivity index (χ4v) is 9.10. The summed E-state index contributed by atoms with van der Waals surface area (Å²) < 4.78 is 4.76. The molecule has 2 amide bonds. The van der Waals surface area contributed by atoms with Crippen LogP contribution in [0.25, 0.3) is 0 Å². The maximum absolute atomic E-state index is 14.9. The van der Waals surface area contributed by atoms with Gasteiger partial charge in [0.05, 0.1) is 35.8 Å². The number of benzene rings is 2. The summed E-state index contributed by atoms with van der Waals surface area (Å²) in [6, 6.07) is 14.2. The number of allylic oxidation sites excluding steroid dienone is 1. The number of carbonyl (C=O) groups excluding carboxylic acids is 3. The van der Waals surface area contributed by atoms with Gasteiger partial charge in [-0.3, -0.25) is 14.4 Å². The highest BCUT2D eigenvalue weighted by molar-refractivity contribution is 8.02. The summed E-state index contributed by atoms with van der Waals surface area (Å²) in [6.07, 6.45) is 11.1. The standard InChI is InChI=1S/C34H38N2O5S/c1-22-14-15-23(2)26(19-22)35-17-10-16-34-29(28-27(42-34)13-8-3-4-9-18-41-33(28)40)31(38)36(30(34)32(35)39)25(21-37)20-24-11-6-5-7-12-24/h5-8,10-16,19,25,27-30,37H,3-4,9,17-18,20-21H2,1-2H3/b13-8-/t25-,27-,28+,29+,30?,34+/m1/s1. The molecule has 0 aromatic heterocycles. The van der Waals surface area contributed by atoms with E-state index in [2.05, 4.69) is 6.08 Å². The maximum atomic E-state index is 14.9. The topological polar surface area (TPSA) is 87.2 Å². The Hall–Kier alpha value is -3.36. The van der Waals surface area contributed by atoms with Crippen LogP contribution in [0.2, 0.25) is 0 Å². The van der Waals surface area contributed by atoms with Crippen molar-refractivity contribution >= 4 is 35.2 Å². The monoisotopic (exact) mass is 586 g/mol. The van der Waals surface area contributed by atoms with Crippen molar-refractivity contribution in [2.45, 2.75) is 61.6 Å². The van der Waals surface area contributed by atoms with E-state index in [1.807, 2.05) is 80.6 Å². The van der Waals surface area contributed by atoms with Crippen molar-refractivity contribution in [3.8, 4) is 0 Å². The molecule has 42 heavy (non-hydrogen) atoms. The van der Waals surface area contributed by atoms with Gasteiger partial charge in [-0.2, -0.15) is 0 Å². The Kier molecular flexibility index (Phi) is 8.03. The molecule has 7 nitrogen and oxygen atoms in total. The first kappa shape index (κ1) is 28.7. The molecule has 2 aromatic rings. The first-order valence-corrected chi connectivity index (χ1v) is 15.8. The number of anilines is 1. The number of amides is 2. The smallest absolute Gasteiger partial charge is 0.311 e. The van der Waals surface area contributed by atoms with Gasteiger partial charge in [-0.25, -0.2) is 0 Å². The number of hydrogen-bond acceptors (Lipinski definition) is 6. The largest absolute Gasteiger partial charge is 0.465 e. The zero-order valence-electron chi connectivity index (χ0n) is 24.1. The maximum Gasteiger partial charge on any atom is 0.311 e. The molecule has 4 heterocycles. The Morgan fingerprint density at radius 2 is 1.86 bits per heavy atom. The molecule has 2 fully saturated rings. The van der Waals surface area contributed by atoms with Crippen LogP contribution < -0.4 is 4.90 Å². The van der Waals surface area contributed by atoms with E-state index in [1.54, 1.807) is 9.80 Å². The zero-order chi connectivity index (χ0) is 29.4. The number of likely N-dealkylation sites (tertiary alicyclic amines) is 1. The van der Waals surface area contributed by atoms with E-state index in [4.69, 9.17) is 4.74 Å². The van der Waals surface area contributed by atoms with Crippen molar-refractivity contribution < 1.29 is 24.2 Å². The number of aryl methyl sites for hydroxylation is 2. The van der Waals surface area contributed by atoms with Crippen LogP contribution in [0.3, 0.4) is 0 Å². The quantitative estimate of drug-likeness (QED) is 0.413. The molecule has 2 saturated heterocycles. The third kappa shape index (κ3) is 4.88. The fourth-order valence-electron chi connectivity index (χ4n) is 7.11. The van der Waals surface area contributed by atoms with Crippen LogP contribution in [0.5, 0.6) is 0 Å². The summed E-state index contributed by atoms with van der Waals surface area (Å²) in [5, 5.41) is 10.4. The van der Waals surface area contributed by atoms with Gasteiger partial charge in [0.15, 0.2) is 0 Å². The number of fused-ring (bicyclic) bond motifs is 2. The lowest BCUT2D eigenvalue weighted by Gasteiger charge is -2.39. The van der Waals surface area contributed by atoms with Crippen LogP contribution in [-0.4, -0.2) is 69.6 Å². The number of thioether (sulfide) groups is 1. The first-order chi connectivity index (χ1) is 20.4. The minimum absolute atomic E-state index is 0.190. The number of carbonyl (C=O) groups is 3. The highest BCUT2D eigenvalue weighted by Crippen LogP contribution is 2.61. The number of aliphatic hydroxyl groups excluding tert-OH is 1. The molecule has 1 N–H and O–H groups in total. The van der Waals surface area contributed by atoms with Gasteiger partial charge in [0.1, 0.15) is 6.04 Å². The minimum Gasteiger partial charge on any atom is -0.465 e. The van der Waals surface area contributed by atoms with Crippen molar-refractivity contribution in [1.29, 1.82) is 0 Å². The number of esters is 1. The second-order valence-corrected chi connectivity index (χ2v) is 13.3. The summed E-state index contributed by atoms with van der Waals surface area (Å²) in [6.45, 7) is 4.36. The lowest BCUT2D eigenvalue weighted by molar-refractivity contribution is -0.153. The second kappa shape index (κ2) is 11.7. The van der Waals surface area contributed by atoms with Crippen molar-refractivity contribution in [1.82, 2.24) is 4.90 Å². The van der Waals surface area contributed by atoms with E-state index < -0.39 is 28.7 Å². The molecular weight excluding hydrogens is 548 g/mol. The SMILES string of the molecule is Cc1ccc(C)c(N2CC=C[C@]34S[C@@H]5/C=C\CCCCOC(=O)[C@@H]5[C@H]3C(=O)N([C@@H](CO)Cc3ccccc3)C4C2=O)c1. The summed E-state index contributed by atoms with van der Waals surface area (Å²) in [7, 11) is 0. The average Bonchev–Trinajstić information content (AvgIpc) is 3.38. The van der Waals surface area contributed by atoms with E-state index in [0.29, 0.717) is 19.6 Å². The van der Waals surface area contributed by atoms with E-state index in [9.17, 15) is 19.5 Å². The number of ether oxygens (including phenoxy) is 1. The van der Waals surface area contributed by atoms with Gasteiger partial charge >= 0.3 is 5.97 Å². The van der Waals surface area contributed by atoms with Gasteiger partial charge in [-0.1, -0.05) is 66.8 Å². The Morgan fingerprint density at radius 1 is 1.05 bits per heavy atom. The Balaban J connectivity index is 1.49. The minimum atomic E-state index is -0.975. The summed E-state index contributed by atoms with van der Waals surface area (Å²) in [5.74, 6) is -2.33. The fraction of sp³-hybridized carbons (Fsp3) is 0.441. The van der Waals surface area contributed by atoms with Crippen molar-refractivity contribution in [2.75, 3.05) is 24.7 Å². The summed E-state index contributed by atoms with van der Waals surface area (Å²) >= 11 is 1.54. The summed E-state index contributed by atoms with van der Waals surface area (Å²) in [4.78, 5) is 46.6. The third-order valence-corrected chi connectivity index (χ3v) is 10.9. The average molecular weight is 587 g/mol. The Morgan fingerprint density at radius 3 is 2.64 bits per heavy atom. The van der Waals surface area contributed by atoms with Crippen molar-refractivity contribution in [3.05, 3.63) is 89.5 Å². The summed E-state index contributed by atoms with van der Waals surface area (Å²) in [5.41, 5.74) is 3.77. The number of cyclic esters (lactones) is 1. The van der Waals surface area contributed by atoms with Gasteiger partial charge in [0, 0.05) is 17.5 Å². The van der Waals surface area contributed by atoms with E-state index in [1.165, 1.54) is 11.8 Å². The molecule has 0 bridgehead atoms. The van der Waals surface area contributed by atoms with Crippen molar-refractivity contribution in [3.63, 3.8) is 0 Å². The van der Waals surface area contributed by atoms with Gasteiger partial charge in [0.2, 0.25) is 5.91 Å². The molecular formula is C34H38N2O5S. The van der Waals surface area contributed by atoms with E-state index in [-0.39, 0.29) is 29.6 Å². The van der Waals surface area contributed by atoms with Crippen molar-refractivity contribution in [2.24, 2.45) is 11.8 Å². The third-order valence-electron chi connectivity index (χ3n) is 9.11. The Bertz CT molecular complexity index is 1420. The van der Waals surface area contributed by atoms with Crippen LogP contribution in [0.15, 0.2) is 72.8 Å². The van der Waals surface area contributed by atoms with E-state index >= 15 is 0 Å². The van der Waals surface area contributed by atoms with Gasteiger partial charge < -0.3 is 19.6 Å². The molecule has 8 heteroatoms. The predicted octanol–water partition coefficient (Wildman–Crippen LogP) is 4.39. The predicted molar refractivity (Wildman–Crippen MR) is 164 cm³/mol. The molecule has 0 radical (unpaired) electrons. The number of hydrogen-bond donors (Lipinski definition) is 1. The van der Waals surface area contributed by atoms with Crippen LogP contribution in [-0.2, 0) is 25.5 Å². The van der Waals surface area contributed by atoms with E-state index in [0.717, 1.165) is 41.6 Å². The lowest BCUT2D eigenvalue weighted by Crippen LogP contribution is -2.57. The molecule has 220 valence electrons. The van der Waals surface area contributed by atoms with Crippen LogP contribution >= 0.6 is 11.8 Å². The zero-order valence-corrected chi connectivity index (χ0v) is 25.0. The van der Waals surface area contributed by atoms with Gasteiger partial charge in [-0.05, 0) is 62.3 Å². The normalized spacial score (nSPS) is 30.7. The molecule has 0 aliphatic carbocycles. The van der Waals surface area contributed by atoms with Gasteiger partial charge in [-0.15, -0.1) is 11.8 Å². The van der Waals surface area contributed by atoms with Crippen LogP contribution in [0.1, 0.15) is 36.0 Å². The van der Waals surface area contributed by atoms with Gasteiger partial charge in [0.25, 0.3) is 5.91 Å².